The predicted molar refractivity (Wildman–Crippen MR) is 105 cm³/mol. The van der Waals surface area contributed by atoms with Crippen molar-refractivity contribution < 1.29 is 4.79 Å². The molecule has 0 spiro atoms. The molecule has 2 aromatic rings. The first-order valence-electron chi connectivity index (χ1n) is 9.63. The molecule has 4 nitrogen and oxygen atoms in total. The minimum absolute atomic E-state index is 0.0946. The van der Waals surface area contributed by atoms with Crippen LogP contribution in [-0.2, 0) is 4.79 Å². The highest BCUT2D eigenvalue weighted by Gasteiger charge is 2.21. The molecule has 1 aromatic carbocycles. The van der Waals surface area contributed by atoms with Crippen LogP contribution in [0, 0.1) is 6.92 Å². The van der Waals surface area contributed by atoms with Crippen molar-refractivity contribution in [1.29, 1.82) is 0 Å². The minimum atomic E-state index is -0.157. The number of piperidine rings is 1. The number of likely N-dealkylation sites (tertiary alicyclic amines) is 1. The lowest BCUT2D eigenvalue weighted by Gasteiger charge is -2.33. The van der Waals surface area contributed by atoms with Gasteiger partial charge in [-0.2, -0.15) is 0 Å². The molecule has 0 bridgehead atoms. The summed E-state index contributed by atoms with van der Waals surface area (Å²) in [5, 5.41) is 3.22. The van der Waals surface area contributed by atoms with Crippen molar-refractivity contribution in [2.24, 2.45) is 0 Å². The SMILES string of the molecule is Cc1ccc([C@@H](NC(=O)CCN2CCCC[C@H]2C)c2cccnc2)cc1. The maximum Gasteiger partial charge on any atom is 0.222 e. The average molecular weight is 351 g/mol. The summed E-state index contributed by atoms with van der Waals surface area (Å²) in [4.78, 5) is 19.3. The Hall–Kier alpha value is -2.20. The van der Waals surface area contributed by atoms with Crippen LogP contribution >= 0.6 is 0 Å². The number of benzene rings is 1. The molecule has 1 fully saturated rings. The second kappa shape index (κ2) is 8.95. The second-order valence-electron chi connectivity index (χ2n) is 7.33. The van der Waals surface area contributed by atoms with Crippen molar-refractivity contribution in [3.63, 3.8) is 0 Å². The Kier molecular flexibility index (Phi) is 6.40. The zero-order valence-corrected chi connectivity index (χ0v) is 15.8. The van der Waals surface area contributed by atoms with Gasteiger partial charge in [-0.15, -0.1) is 0 Å². The number of carbonyl (C=O) groups is 1. The van der Waals surface area contributed by atoms with Crippen LogP contribution in [0.15, 0.2) is 48.8 Å². The highest BCUT2D eigenvalue weighted by molar-refractivity contribution is 5.77. The van der Waals surface area contributed by atoms with E-state index >= 15 is 0 Å². The Labute approximate surface area is 156 Å². The fourth-order valence-electron chi connectivity index (χ4n) is 3.63. The van der Waals surface area contributed by atoms with Gasteiger partial charge in [-0.1, -0.05) is 42.3 Å². The van der Waals surface area contributed by atoms with Crippen LogP contribution in [0.25, 0.3) is 0 Å². The van der Waals surface area contributed by atoms with E-state index in [1.807, 2.05) is 18.3 Å². The summed E-state index contributed by atoms with van der Waals surface area (Å²) < 4.78 is 0. The zero-order valence-electron chi connectivity index (χ0n) is 15.8. The average Bonchev–Trinajstić information content (AvgIpc) is 2.67. The van der Waals surface area contributed by atoms with Crippen molar-refractivity contribution in [1.82, 2.24) is 15.2 Å². The van der Waals surface area contributed by atoms with E-state index in [0.29, 0.717) is 12.5 Å². The molecule has 0 aliphatic carbocycles. The molecule has 1 amide bonds. The molecule has 2 atom stereocenters. The lowest BCUT2D eigenvalue weighted by Crippen LogP contribution is -2.40. The Morgan fingerprint density at radius 3 is 2.73 bits per heavy atom. The van der Waals surface area contributed by atoms with Gasteiger partial charge < -0.3 is 10.2 Å². The Bertz CT molecular complexity index is 699. The molecular formula is C22H29N3O. The summed E-state index contributed by atoms with van der Waals surface area (Å²) in [6, 6.07) is 12.7. The van der Waals surface area contributed by atoms with Gasteiger partial charge in [0.2, 0.25) is 5.91 Å². The summed E-state index contributed by atoms with van der Waals surface area (Å²) in [5.74, 6) is 0.0946. The summed E-state index contributed by atoms with van der Waals surface area (Å²) in [5.41, 5.74) is 3.31. The summed E-state index contributed by atoms with van der Waals surface area (Å²) in [7, 11) is 0. The lowest BCUT2D eigenvalue weighted by atomic mass is 9.99. The molecule has 4 heteroatoms. The molecule has 26 heavy (non-hydrogen) atoms. The van der Waals surface area contributed by atoms with E-state index < -0.39 is 0 Å². The van der Waals surface area contributed by atoms with Crippen molar-refractivity contribution in [2.75, 3.05) is 13.1 Å². The van der Waals surface area contributed by atoms with Gasteiger partial charge >= 0.3 is 0 Å². The van der Waals surface area contributed by atoms with E-state index in [1.165, 1.54) is 24.8 Å². The third-order valence-corrected chi connectivity index (χ3v) is 5.30. The highest BCUT2D eigenvalue weighted by Crippen LogP contribution is 2.22. The number of rotatable bonds is 6. The predicted octanol–water partition coefficient (Wildman–Crippen LogP) is 3.86. The Morgan fingerprint density at radius 2 is 2.04 bits per heavy atom. The molecule has 0 radical (unpaired) electrons. The molecule has 0 unspecified atom stereocenters. The molecule has 2 heterocycles. The summed E-state index contributed by atoms with van der Waals surface area (Å²) in [6.45, 7) is 6.28. The van der Waals surface area contributed by atoms with Gasteiger partial charge in [-0.3, -0.25) is 9.78 Å². The van der Waals surface area contributed by atoms with Crippen molar-refractivity contribution >= 4 is 5.91 Å². The number of hydrogen-bond acceptors (Lipinski definition) is 3. The number of carbonyl (C=O) groups excluding carboxylic acids is 1. The van der Waals surface area contributed by atoms with Gasteiger partial charge in [0.1, 0.15) is 0 Å². The third-order valence-electron chi connectivity index (χ3n) is 5.30. The smallest absolute Gasteiger partial charge is 0.222 e. The van der Waals surface area contributed by atoms with Crippen molar-refractivity contribution in [3.8, 4) is 0 Å². The lowest BCUT2D eigenvalue weighted by molar-refractivity contribution is -0.122. The number of nitrogens with one attached hydrogen (secondary N) is 1. The monoisotopic (exact) mass is 351 g/mol. The number of hydrogen-bond donors (Lipinski definition) is 1. The number of amides is 1. The first kappa shape index (κ1) is 18.6. The maximum atomic E-state index is 12.7. The van der Waals surface area contributed by atoms with Crippen LogP contribution in [0.3, 0.4) is 0 Å². The molecular weight excluding hydrogens is 322 g/mol. The van der Waals surface area contributed by atoms with Gasteiger partial charge in [0.25, 0.3) is 0 Å². The van der Waals surface area contributed by atoms with Crippen LogP contribution in [0.1, 0.15) is 55.3 Å². The van der Waals surface area contributed by atoms with Crippen molar-refractivity contribution in [2.45, 2.75) is 51.6 Å². The van der Waals surface area contributed by atoms with Gasteiger partial charge in [0, 0.05) is 31.4 Å². The largest absolute Gasteiger partial charge is 0.345 e. The fraction of sp³-hybridized carbons (Fsp3) is 0.455. The Morgan fingerprint density at radius 1 is 1.23 bits per heavy atom. The number of nitrogens with zero attached hydrogens (tertiary/aromatic N) is 2. The second-order valence-corrected chi connectivity index (χ2v) is 7.33. The van der Waals surface area contributed by atoms with Gasteiger partial charge in [0.15, 0.2) is 0 Å². The van der Waals surface area contributed by atoms with Gasteiger partial charge in [-0.05, 0) is 50.4 Å². The molecule has 3 rings (SSSR count). The third kappa shape index (κ3) is 4.92. The standard InChI is InChI=1S/C22H29N3O/c1-17-8-10-19(11-9-17)22(20-7-5-13-23-16-20)24-21(26)12-15-25-14-4-3-6-18(25)2/h5,7-11,13,16,18,22H,3-4,6,12,14-15H2,1-2H3,(H,24,26)/t18-,22-/m1/s1. The van der Waals surface area contributed by atoms with Crippen molar-refractivity contribution in [3.05, 3.63) is 65.5 Å². The van der Waals surface area contributed by atoms with Crippen LogP contribution in [0.4, 0.5) is 0 Å². The number of aromatic nitrogens is 1. The normalized spacial score (nSPS) is 19.1. The van der Waals surface area contributed by atoms with E-state index in [1.54, 1.807) is 6.20 Å². The first-order valence-corrected chi connectivity index (χ1v) is 9.63. The van der Waals surface area contributed by atoms with Crippen LogP contribution in [0.5, 0.6) is 0 Å². The molecule has 0 saturated carbocycles. The summed E-state index contributed by atoms with van der Waals surface area (Å²) in [6.07, 6.45) is 7.91. The number of aryl methyl sites for hydroxylation is 1. The quantitative estimate of drug-likeness (QED) is 0.859. The van der Waals surface area contributed by atoms with E-state index in [4.69, 9.17) is 0 Å². The molecule has 1 aliphatic heterocycles. The topological polar surface area (TPSA) is 45.2 Å². The van der Waals surface area contributed by atoms with E-state index in [-0.39, 0.29) is 11.9 Å². The van der Waals surface area contributed by atoms with Crippen LogP contribution in [-0.4, -0.2) is 34.9 Å². The fourth-order valence-corrected chi connectivity index (χ4v) is 3.63. The molecule has 1 aromatic heterocycles. The molecule has 138 valence electrons. The van der Waals surface area contributed by atoms with E-state index in [0.717, 1.165) is 24.2 Å². The number of pyridine rings is 1. The highest BCUT2D eigenvalue weighted by atomic mass is 16.1. The van der Waals surface area contributed by atoms with E-state index in [9.17, 15) is 4.79 Å². The summed E-state index contributed by atoms with van der Waals surface area (Å²) >= 11 is 0. The van der Waals surface area contributed by atoms with Crippen LogP contribution < -0.4 is 5.32 Å². The van der Waals surface area contributed by atoms with Crippen LogP contribution in [0.2, 0.25) is 0 Å². The molecule has 1 saturated heterocycles. The first-order chi connectivity index (χ1) is 12.6. The van der Waals surface area contributed by atoms with Gasteiger partial charge in [-0.25, -0.2) is 0 Å². The van der Waals surface area contributed by atoms with E-state index in [2.05, 4.69) is 53.3 Å². The molecule has 1 aliphatic rings. The Balaban J connectivity index is 1.67. The molecule has 1 N–H and O–H groups in total. The maximum absolute atomic E-state index is 12.7. The minimum Gasteiger partial charge on any atom is -0.345 e. The zero-order chi connectivity index (χ0) is 18.4. The van der Waals surface area contributed by atoms with Gasteiger partial charge in [0.05, 0.1) is 6.04 Å².